The number of nitrogens with zero attached hydrogens (tertiary/aromatic N) is 3. The number of anilines is 2. The zero-order valence-electron chi connectivity index (χ0n) is 17.2. The van der Waals surface area contributed by atoms with Crippen molar-refractivity contribution < 1.29 is 19.1 Å². The number of carbonyl (C=O) groups excluding carboxylic acids is 2. The van der Waals surface area contributed by atoms with Crippen LogP contribution in [0.15, 0.2) is 66.1 Å². The lowest BCUT2D eigenvalue weighted by molar-refractivity contribution is -0.113. The molecule has 0 saturated heterocycles. The van der Waals surface area contributed by atoms with Crippen molar-refractivity contribution in [3.05, 3.63) is 77.3 Å². The average molecular weight is 419 g/mol. The van der Waals surface area contributed by atoms with E-state index in [9.17, 15) is 9.59 Å². The average Bonchev–Trinajstić information content (AvgIpc) is 3.26. The fourth-order valence-electron chi connectivity index (χ4n) is 3.55. The number of nitrogens with one attached hydrogen (secondary N) is 2. The van der Waals surface area contributed by atoms with E-state index in [1.165, 1.54) is 13.4 Å². The SMILES string of the molecule is COC(=O)c1ccc([C@@H]2C(C(=O)Nc3ccccc3OC)=C(C)Nc3ncnn32)cc1. The van der Waals surface area contributed by atoms with E-state index in [1.807, 2.05) is 19.1 Å². The molecule has 31 heavy (non-hydrogen) atoms. The van der Waals surface area contributed by atoms with Crippen molar-refractivity contribution in [2.24, 2.45) is 0 Å². The van der Waals surface area contributed by atoms with E-state index < -0.39 is 12.0 Å². The largest absolute Gasteiger partial charge is 0.495 e. The van der Waals surface area contributed by atoms with Gasteiger partial charge in [-0.3, -0.25) is 4.79 Å². The van der Waals surface area contributed by atoms with Crippen LogP contribution in [0.1, 0.15) is 28.9 Å². The van der Waals surface area contributed by atoms with Gasteiger partial charge in [0.15, 0.2) is 0 Å². The number of rotatable bonds is 5. The summed E-state index contributed by atoms with van der Waals surface area (Å²) in [6, 6.07) is 13.5. The minimum absolute atomic E-state index is 0.308. The first-order chi connectivity index (χ1) is 15.0. The van der Waals surface area contributed by atoms with Crippen LogP contribution in [0.5, 0.6) is 5.75 Å². The van der Waals surface area contributed by atoms with Crippen molar-refractivity contribution in [1.29, 1.82) is 0 Å². The highest BCUT2D eigenvalue weighted by Gasteiger charge is 2.33. The predicted molar refractivity (Wildman–Crippen MR) is 114 cm³/mol. The van der Waals surface area contributed by atoms with Crippen LogP contribution < -0.4 is 15.4 Å². The number of amides is 1. The van der Waals surface area contributed by atoms with E-state index in [0.717, 1.165) is 5.56 Å². The molecule has 4 rings (SSSR count). The Morgan fingerprint density at radius 2 is 1.84 bits per heavy atom. The molecule has 9 heteroatoms. The Morgan fingerprint density at radius 3 is 2.55 bits per heavy atom. The Morgan fingerprint density at radius 1 is 1.10 bits per heavy atom. The molecule has 1 amide bonds. The number of benzene rings is 2. The molecule has 0 fully saturated rings. The lowest BCUT2D eigenvalue weighted by Crippen LogP contribution is -2.31. The molecule has 3 aromatic rings. The van der Waals surface area contributed by atoms with Gasteiger partial charge in [-0.05, 0) is 36.8 Å². The van der Waals surface area contributed by atoms with E-state index in [-0.39, 0.29) is 5.91 Å². The smallest absolute Gasteiger partial charge is 0.337 e. The summed E-state index contributed by atoms with van der Waals surface area (Å²) in [7, 11) is 2.88. The number of aromatic nitrogens is 3. The highest BCUT2D eigenvalue weighted by atomic mass is 16.5. The third kappa shape index (κ3) is 3.73. The fourth-order valence-corrected chi connectivity index (χ4v) is 3.55. The quantitative estimate of drug-likeness (QED) is 0.612. The zero-order chi connectivity index (χ0) is 22.0. The van der Waals surface area contributed by atoms with Crippen LogP contribution in [-0.2, 0) is 9.53 Å². The van der Waals surface area contributed by atoms with Crippen LogP contribution in [0.3, 0.4) is 0 Å². The molecule has 2 N–H and O–H groups in total. The van der Waals surface area contributed by atoms with Crippen LogP contribution in [0.25, 0.3) is 0 Å². The summed E-state index contributed by atoms with van der Waals surface area (Å²) < 4.78 is 11.7. The summed E-state index contributed by atoms with van der Waals surface area (Å²) in [5, 5.41) is 10.4. The number of carbonyl (C=O) groups is 2. The van der Waals surface area contributed by atoms with Crippen molar-refractivity contribution in [2.45, 2.75) is 13.0 Å². The van der Waals surface area contributed by atoms with Crippen molar-refractivity contribution in [3.63, 3.8) is 0 Å². The number of esters is 1. The fraction of sp³-hybridized carbons (Fsp3) is 0.182. The lowest BCUT2D eigenvalue weighted by Gasteiger charge is -2.29. The van der Waals surface area contributed by atoms with Crippen LogP contribution in [0.2, 0.25) is 0 Å². The molecule has 0 bridgehead atoms. The number of hydrogen-bond acceptors (Lipinski definition) is 7. The summed E-state index contributed by atoms with van der Waals surface area (Å²) in [4.78, 5) is 29.4. The molecule has 1 aliphatic heterocycles. The number of ether oxygens (including phenoxy) is 2. The van der Waals surface area contributed by atoms with Crippen LogP contribution in [-0.4, -0.2) is 40.9 Å². The van der Waals surface area contributed by atoms with Crippen LogP contribution >= 0.6 is 0 Å². The molecule has 0 radical (unpaired) electrons. The second kappa shape index (κ2) is 8.31. The summed E-state index contributed by atoms with van der Waals surface area (Å²) in [6.45, 7) is 1.81. The molecule has 0 unspecified atom stereocenters. The van der Waals surface area contributed by atoms with Gasteiger partial charge in [0.1, 0.15) is 18.1 Å². The van der Waals surface area contributed by atoms with E-state index in [4.69, 9.17) is 9.47 Å². The Hall–Kier alpha value is -4.14. The molecule has 9 nitrogen and oxygen atoms in total. The number of fused-ring (bicyclic) bond motifs is 1. The highest BCUT2D eigenvalue weighted by Crippen LogP contribution is 2.36. The standard InChI is InChI=1S/C22H21N5O4/c1-13-18(20(28)26-16-6-4-5-7-17(16)30-2)19(27-22(25-13)23-12-24-27)14-8-10-15(11-9-14)21(29)31-3/h4-12,19H,1-3H3,(H,26,28)(H,23,24,25)/t19-/m1/s1. The van der Waals surface area contributed by atoms with Gasteiger partial charge in [-0.25, -0.2) is 9.48 Å². The Bertz CT molecular complexity index is 1170. The minimum Gasteiger partial charge on any atom is -0.495 e. The molecule has 1 aromatic heterocycles. The monoisotopic (exact) mass is 419 g/mol. The van der Waals surface area contributed by atoms with Gasteiger partial charge in [0, 0.05) is 5.70 Å². The third-order valence-electron chi connectivity index (χ3n) is 5.04. The van der Waals surface area contributed by atoms with Crippen molar-refractivity contribution in [2.75, 3.05) is 24.9 Å². The van der Waals surface area contributed by atoms with Gasteiger partial charge in [0.25, 0.3) is 5.91 Å². The summed E-state index contributed by atoms with van der Waals surface area (Å²) >= 11 is 0. The minimum atomic E-state index is -0.542. The first-order valence-corrected chi connectivity index (χ1v) is 9.53. The van der Waals surface area contributed by atoms with Gasteiger partial charge in [0.2, 0.25) is 5.95 Å². The van der Waals surface area contributed by atoms with E-state index in [2.05, 4.69) is 20.7 Å². The second-order valence-corrected chi connectivity index (χ2v) is 6.86. The van der Waals surface area contributed by atoms with Gasteiger partial charge in [-0.1, -0.05) is 24.3 Å². The number of methoxy groups -OCH3 is 2. The maximum absolute atomic E-state index is 13.4. The molecular formula is C22H21N5O4. The van der Waals surface area contributed by atoms with Gasteiger partial charge >= 0.3 is 5.97 Å². The van der Waals surface area contributed by atoms with E-state index >= 15 is 0 Å². The maximum atomic E-state index is 13.4. The molecule has 1 aliphatic rings. The van der Waals surface area contributed by atoms with Crippen molar-refractivity contribution in [1.82, 2.24) is 14.8 Å². The number of para-hydroxylation sites is 2. The molecule has 0 saturated carbocycles. The number of allylic oxidation sites excluding steroid dienone is 1. The van der Waals surface area contributed by atoms with Gasteiger partial charge in [-0.2, -0.15) is 10.1 Å². The Labute approximate surface area is 178 Å². The van der Waals surface area contributed by atoms with E-state index in [0.29, 0.717) is 34.2 Å². The molecule has 1 atom stereocenters. The first kappa shape index (κ1) is 20.1. The van der Waals surface area contributed by atoms with Crippen LogP contribution in [0.4, 0.5) is 11.6 Å². The molecular weight excluding hydrogens is 398 g/mol. The second-order valence-electron chi connectivity index (χ2n) is 6.86. The highest BCUT2D eigenvalue weighted by molar-refractivity contribution is 6.06. The van der Waals surface area contributed by atoms with E-state index in [1.54, 1.807) is 48.2 Å². The third-order valence-corrected chi connectivity index (χ3v) is 5.04. The molecule has 0 spiro atoms. The summed E-state index contributed by atoms with van der Waals surface area (Å²) in [5.41, 5.74) is 2.86. The van der Waals surface area contributed by atoms with Crippen molar-refractivity contribution in [3.8, 4) is 5.75 Å². The molecule has 2 heterocycles. The lowest BCUT2D eigenvalue weighted by atomic mass is 9.94. The molecule has 158 valence electrons. The molecule has 2 aromatic carbocycles. The van der Waals surface area contributed by atoms with Gasteiger partial charge in [-0.15, -0.1) is 0 Å². The van der Waals surface area contributed by atoms with Gasteiger partial charge in [0.05, 0.1) is 31.0 Å². The van der Waals surface area contributed by atoms with Crippen molar-refractivity contribution >= 4 is 23.5 Å². The predicted octanol–water partition coefficient (Wildman–Crippen LogP) is 3.00. The Kier molecular flexibility index (Phi) is 5.40. The summed E-state index contributed by atoms with van der Waals surface area (Å²) in [5.74, 6) is 0.337. The topological polar surface area (TPSA) is 107 Å². The first-order valence-electron chi connectivity index (χ1n) is 9.53. The van der Waals surface area contributed by atoms with Crippen LogP contribution in [0, 0.1) is 0 Å². The normalized spacial score (nSPS) is 15.0. The van der Waals surface area contributed by atoms with Gasteiger partial charge < -0.3 is 20.1 Å². The Balaban J connectivity index is 1.74. The maximum Gasteiger partial charge on any atom is 0.337 e. The number of hydrogen-bond donors (Lipinski definition) is 2. The molecule has 0 aliphatic carbocycles. The summed E-state index contributed by atoms with van der Waals surface area (Å²) in [6.07, 6.45) is 1.42. The zero-order valence-corrected chi connectivity index (χ0v) is 17.2.